The number of nitrogens with zero attached hydrogens (tertiary/aromatic N) is 1. The molecular formula is C28H34N2O5. The van der Waals surface area contributed by atoms with E-state index in [4.69, 9.17) is 4.74 Å². The van der Waals surface area contributed by atoms with Gasteiger partial charge in [-0.1, -0.05) is 55.5 Å². The van der Waals surface area contributed by atoms with Gasteiger partial charge in [-0.05, 0) is 61.3 Å². The van der Waals surface area contributed by atoms with Gasteiger partial charge in [0.1, 0.15) is 12.6 Å². The van der Waals surface area contributed by atoms with E-state index in [1.54, 1.807) is 0 Å². The number of ether oxygens (including phenoxy) is 1. The summed E-state index contributed by atoms with van der Waals surface area (Å²) < 4.78 is 5.64. The Morgan fingerprint density at radius 3 is 2.23 bits per heavy atom. The molecule has 7 nitrogen and oxygen atoms in total. The van der Waals surface area contributed by atoms with Crippen molar-refractivity contribution in [2.24, 2.45) is 5.92 Å². The SMILES string of the molecule is CC1CCC(C(=O)O)N(C(=O)CCC(C)(C)NC(=O)OCC2c3ccccc3-c3ccccc32)C1. The highest BCUT2D eigenvalue weighted by atomic mass is 16.5. The number of benzene rings is 2. The Morgan fingerprint density at radius 1 is 1.03 bits per heavy atom. The number of carbonyl (C=O) groups excluding carboxylic acids is 2. The van der Waals surface area contributed by atoms with Gasteiger partial charge in [-0.2, -0.15) is 0 Å². The van der Waals surface area contributed by atoms with Crippen molar-refractivity contribution in [3.63, 3.8) is 0 Å². The minimum absolute atomic E-state index is 0.0214. The summed E-state index contributed by atoms with van der Waals surface area (Å²) in [6.45, 7) is 6.39. The first kappa shape index (κ1) is 24.8. The molecule has 186 valence electrons. The van der Waals surface area contributed by atoms with Crippen LogP contribution in [0.15, 0.2) is 48.5 Å². The van der Waals surface area contributed by atoms with Crippen LogP contribution >= 0.6 is 0 Å². The topological polar surface area (TPSA) is 95.9 Å². The zero-order valence-electron chi connectivity index (χ0n) is 20.6. The van der Waals surface area contributed by atoms with Crippen LogP contribution in [0.1, 0.15) is 63.5 Å². The summed E-state index contributed by atoms with van der Waals surface area (Å²) in [5, 5.41) is 12.4. The van der Waals surface area contributed by atoms with Crippen LogP contribution in [0.3, 0.4) is 0 Å². The third-order valence-corrected chi connectivity index (χ3v) is 7.17. The smallest absolute Gasteiger partial charge is 0.407 e. The molecule has 1 aliphatic heterocycles. The zero-order chi connectivity index (χ0) is 25.2. The van der Waals surface area contributed by atoms with E-state index >= 15 is 0 Å². The van der Waals surface area contributed by atoms with Crippen molar-refractivity contribution in [2.45, 2.75) is 64.0 Å². The minimum atomic E-state index is -0.957. The summed E-state index contributed by atoms with van der Waals surface area (Å²) in [6, 6.07) is 15.6. The number of fused-ring (bicyclic) bond motifs is 3. The van der Waals surface area contributed by atoms with Crippen LogP contribution in [0.4, 0.5) is 4.79 Å². The number of carbonyl (C=O) groups is 3. The summed E-state index contributed by atoms with van der Waals surface area (Å²) in [6.07, 6.45) is 1.29. The first-order valence-corrected chi connectivity index (χ1v) is 12.3. The van der Waals surface area contributed by atoms with Gasteiger partial charge in [-0.15, -0.1) is 0 Å². The van der Waals surface area contributed by atoms with E-state index in [2.05, 4.69) is 29.6 Å². The van der Waals surface area contributed by atoms with E-state index in [-0.39, 0.29) is 30.8 Å². The van der Waals surface area contributed by atoms with Crippen LogP contribution in [-0.2, 0) is 14.3 Å². The average molecular weight is 479 g/mol. The maximum atomic E-state index is 12.8. The lowest BCUT2D eigenvalue weighted by atomic mass is 9.92. The molecule has 0 radical (unpaired) electrons. The number of rotatable bonds is 7. The highest BCUT2D eigenvalue weighted by Gasteiger charge is 2.35. The van der Waals surface area contributed by atoms with E-state index in [1.165, 1.54) is 16.0 Å². The summed E-state index contributed by atoms with van der Waals surface area (Å²) in [5.74, 6) is -0.888. The Morgan fingerprint density at radius 2 is 1.63 bits per heavy atom. The molecule has 2 amide bonds. The number of piperidine rings is 1. The Bertz CT molecular complexity index is 1070. The van der Waals surface area contributed by atoms with Gasteiger partial charge in [0.25, 0.3) is 0 Å². The third-order valence-electron chi connectivity index (χ3n) is 7.17. The molecular weight excluding hydrogens is 444 g/mol. The predicted molar refractivity (Wildman–Crippen MR) is 133 cm³/mol. The van der Waals surface area contributed by atoms with Crippen molar-refractivity contribution in [2.75, 3.05) is 13.2 Å². The van der Waals surface area contributed by atoms with Crippen molar-refractivity contribution in [3.8, 4) is 11.1 Å². The molecule has 1 fully saturated rings. The fourth-order valence-corrected chi connectivity index (χ4v) is 5.22. The highest BCUT2D eigenvalue weighted by Crippen LogP contribution is 2.44. The number of carboxylic acid groups (broad SMARTS) is 1. The fraction of sp³-hybridized carbons (Fsp3) is 0.464. The molecule has 0 aromatic heterocycles. The number of nitrogens with one attached hydrogen (secondary N) is 1. The molecule has 1 heterocycles. The molecule has 2 atom stereocenters. The van der Waals surface area contributed by atoms with E-state index in [9.17, 15) is 19.5 Å². The van der Waals surface area contributed by atoms with Gasteiger partial charge in [0, 0.05) is 24.4 Å². The number of amides is 2. The van der Waals surface area contributed by atoms with Crippen molar-refractivity contribution in [1.82, 2.24) is 10.2 Å². The number of likely N-dealkylation sites (tertiary alicyclic amines) is 1. The van der Waals surface area contributed by atoms with E-state index in [0.717, 1.165) is 17.5 Å². The van der Waals surface area contributed by atoms with Gasteiger partial charge in [0.2, 0.25) is 5.91 Å². The molecule has 2 unspecified atom stereocenters. The number of hydrogen-bond donors (Lipinski definition) is 2. The van der Waals surface area contributed by atoms with Gasteiger partial charge in [0.05, 0.1) is 0 Å². The molecule has 2 aromatic carbocycles. The van der Waals surface area contributed by atoms with E-state index in [0.29, 0.717) is 19.4 Å². The average Bonchev–Trinajstić information content (AvgIpc) is 3.14. The molecule has 2 aliphatic rings. The molecule has 1 saturated heterocycles. The quantitative estimate of drug-likeness (QED) is 0.596. The summed E-state index contributed by atoms with van der Waals surface area (Å²) in [7, 11) is 0. The van der Waals surface area contributed by atoms with Gasteiger partial charge < -0.3 is 20.1 Å². The maximum absolute atomic E-state index is 12.8. The second kappa shape index (κ2) is 10.1. The van der Waals surface area contributed by atoms with E-state index in [1.807, 2.05) is 45.0 Å². The Kier molecular flexibility index (Phi) is 7.15. The Labute approximate surface area is 206 Å². The number of hydrogen-bond acceptors (Lipinski definition) is 4. The van der Waals surface area contributed by atoms with Crippen LogP contribution in [0, 0.1) is 5.92 Å². The first-order chi connectivity index (χ1) is 16.7. The lowest BCUT2D eigenvalue weighted by Gasteiger charge is -2.37. The largest absolute Gasteiger partial charge is 0.480 e. The molecule has 2 aromatic rings. The highest BCUT2D eigenvalue weighted by molar-refractivity contribution is 5.84. The van der Waals surface area contributed by atoms with Crippen molar-refractivity contribution < 1.29 is 24.2 Å². The summed E-state index contributed by atoms with van der Waals surface area (Å²) in [4.78, 5) is 38.6. The molecule has 2 N–H and O–H groups in total. The number of alkyl carbamates (subject to hydrolysis) is 1. The van der Waals surface area contributed by atoms with E-state index < -0.39 is 23.6 Å². The molecule has 35 heavy (non-hydrogen) atoms. The van der Waals surface area contributed by atoms with Gasteiger partial charge in [-0.25, -0.2) is 9.59 Å². The van der Waals surface area contributed by atoms with Crippen LogP contribution < -0.4 is 5.32 Å². The van der Waals surface area contributed by atoms with Crippen LogP contribution in [0.2, 0.25) is 0 Å². The molecule has 7 heteroatoms. The van der Waals surface area contributed by atoms with Crippen LogP contribution in [0.5, 0.6) is 0 Å². The fourth-order valence-electron chi connectivity index (χ4n) is 5.22. The first-order valence-electron chi connectivity index (χ1n) is 12.3. The normalized spacial score (nSPS) is 19.6. The number of aliphatic carboxylic acids is 1. The summed E-state index contributed by atoms with van der Waals surface area (Å²) in [5.41, 5.74) is 3.95. The molecule has 0 saturated carbocycles. The van der Waals surface area contributed by atoms with Crippen LogP contribution in [-0.4, -0.2) is 52.7 Å². The van der Waals surface area contributed by atoms with Gasteiger partial charge in [0.15, 0.2) is 0 Å². The van der Waals surface area contributed by atoms with Gasteiger partial charge >= 0.3 is 12.1 Å². The van der Waals surface area contributed by atoms with Gasteiger partial charge in [-0.3, -0.25) is 4.79 Å². The lowest BCUT2D eigenvalue weighted by Crippen LogP contribution is -2.51. The summed E-state index contributed by atoms with van der Waals surface area (Å²) >= 11 is 0. The molecule has 4 rings (SSSR count). The van der Waals surface area contributed by atoms with Crippen molar-refractivity contribution in [1.29, 1.82) is 0 Å². The molecule has 0 spiro atoms. The second-order valence-corrected chi connectivity index (χ2v) is 10.4. The molecule has 1 aliphatic carbocycles. The lowest BCUT2D eigenvalue weighted by molar-refractivity contribution is -0.153. The Balaban J connectivity index is 1.32. The third kappa shape index (κ3) is 5.50. The molecule has 0 bridgehead atoms. The van der Waals surface area contributed by atoms with Crippen molar-refractivity contribution >= 4 is 18.0 Å². The maximum Gasteiger partial charge on any atom is 0.407 e. The monoisotopic (exact) mass is 478 g/mol. The zero-order valence-corrected chi connectivity index (χ0v) is 20.6. The Hall–Kier alpha value is -3.35. The predicted octanol–water partition coefficient (Wildman–Crippen LogP) is 4.80. The minimum Gasteiger partial charge on any atom is -0.480 e. The van der Waals surface area contributed by atoms with Crippen LogP contribution in [0.25, 0.3) is 11.1 Å². The second-order valence-electron chi connectivity index (χ2n) is 10.4. The van der Waals surface area contributed by atoms with Crippen molar-refractivity contribution in [3.05, 3.63) is 59.7 Å². The number of carboxylic acids is 1. The standard InChI is InChI=1S/C28H34N2O5/c1-18-12-13-24(26(32)33)30(16-18)25(31)14-15-28(2,3)29-27(34)35-17-23-21-10-6-4-8-19(21)20-9-5-7-11-22(20)23/h4-11,18,23-24H,12-17H2,1-3H3,(H,29,34)(H,32,33).